The summed E-state index contributed by atoms with van der Waals surface area (Å²) in [5, 5.41) is 21.1. The van der Waals surface area contributed by atoms with Crippen molar-refractivity contribution in [2.45, 2.75) is 19.3 Å². The number of nitrogens with one attached hydrogen (secondary N) is 1. The van der Waals surface area contributed by atoms with Crippen LogP contribution in [0.1, 0.15) is 25.0 Å². The highest BCUT2D eigenvalue weighted by Gasteiger charge is 2.55. The first-order valence-corrected chi connectivity index (χ1v) is 7.69. The molecule has 2 N–H and O–H groups in total. The molecule has 0 radical (unpaired) electrons. The van der Waals surface area contributed by atoms with Crippen LogP contribution in [0.4, 0.5) is 10.5 Å². The highest BCUT2D eigenvalue weighted by Crippen LogP contribution is 2.48. The molecule has 1 aliphatic heterocycles. The lowest BCUT2D eigenvalue weighted by Crippen LogP contribution is -2.38. The largest absolute Gasteiger partial charge is 0.481 e. The van der Waals surface area contributed by atoms with E-state index in [4.69, 9.17) is 16.9 Å². The average molecular weight is 335 g/mol. The SMILES string of the molecule is N#Cc1ncc(NC(=O)N2C[C@@H]3CCC[C@@]3(C(=O)O)C2)cc1Cl. The lowest BCUT2D eigenvalue weighted by molar-refractivity contribution is -0.149. The van der Waals surface area contributed by atoms with Crippen LogP contribution in [0.25, 0.3) is 0 Å². The summed E-state index contributed by atoms with van der Waals surface area (Å²) in [6.07, 6.45) is 3.69. The van der Waals surface area contributed by atoms with Crippen LogP contribution in [-0.4, -0.2) is 40.1 Å². The quantitative estimate of drug-likeness (QED) is 0.863. The number of carboxylic acid groups (broad SMARTS) is 1. The van der Waals surface area contributed by atoms with Gasteiger partial charge < -0.3 is 15.3 Å². The Kier molecular flexibility index (Phi) is 3.86. The molecule has 2 fully saturated rings. The molecule has 7 nitrogen and oxygen atoms in total. The number of carbonyl (C=O) groups excluding carboxylic acids is 1. The number of rotatable bonds is 2. The number of halogens is 1. The number of nitriles is 1. The molecule has 0 bridgehead atoms. The fourth-order valence-corrected chi connectivity index (χ4v) is 3.79. The van der Waals surface area contributed by atoms with E-state index in [0.29, 0.717) is 18.7 Å². The third-order valence-electron chi connectivity index (χ3n) is 4.78. The van der Waals surface area contributed by atoms with Crippen molar-refractivity contribution in [3.05, 3.63) is 23.0 Å². The Balaban J connectivity index is 1.72. The minimum Gasteiger partial charge on any atom is -0.481 e. The van der Waals surface area contributed by atoms with Crippen molar-refractivity contribution >= 4 is 29.3 Å². The van der Waals surface area contributed by atoms with E-state index in [1.165, 1.54) is 17.2 Å². The molecule has 0 spiro atoms. The fraction of sp³-hybridized carbons (Fsp3) is 0.467. The van der Waals surface area contributed by atoms with Crippen molar-refractivity contribution < 1.29 is 14.7 Å². The van der Waals surface area contributed by atoms with Gasteiger partial charge in [-0.05, 0) is 24.8 Å². The molecule has 2 atom stereocenters. The molecule has 120 valence electrons. The summed E-state index contributed by atoms with van der Waals surface area (Å²) in [5.74, 6) is -0.813. The maximum atomic E-state index is 12.4. The van der Waals surface area contributed by atoms with Gasteiger partial charge in [0.05, 0.1) is 22.3 Å². The van der Waals surface area contributed by atoms with E-state index >= 15 is 0 Å². The maximum Gasteiger partial charge on any atom is 0.321 e. The third kappa shape index (κ3) is 2.59. The molecular weight excluding hydrogens is 320 g/mol. The monoisotopic (exact) mass is 334 g/mol. The summed E-state index contributed by atoms with van der Waals surface area (Å²) < 4.78 is 0. The minimum atomic E-state index is -0.821. The number of likely N-dealkylation sites (tertiary alicyclic amines) is 1. The van der Waals surface area contributed by atoms with Crippen LogP contribution >= 0.6 is 11.6 Å². The zero-order valence-corrected chi connectivity index (χ0v) is 13.0. The van der Waals surface area contributed by atoms with Crippen molar-refractivity contribution in [3.8, 4) is 6.07 Å². The summed E-state index contributed by atoms with van der Waals surface area (Å²) >= 11 is 5.89. The van der Waals surface area contributed by atoms with Gasteiger partial charge in [-0.3, -0.25) is 4.79 Å². The van der Waals surface area contributed by atoms with Crippen molar-refractivity contribution in [3.63, 3.8) is 0 Å². The van der Waals surface area contributed by atoms with Crippen LogP contribution in [0, 0.1) is 22.7 Å². The number of carboxylic acids is 1. The number of pyridine rings is 1. The van der Waals surface area contributed by atoms with E-state index < -0.39 is 11.4 Å². The van der Waals surface area contributed by atoms with Gasteiger partial charge in [0.15, 0.2) is 5.69 Å². The van der Waals surface area contributed by atoms with Crippen molar-refractivity contribution in [1.29, 1.82) is 5.26 Å². The molecular formula is C15H15ClN4O3. The molecule has 23 heavy (non-hydrogen) atoms. The van der Waals surface area contributed by atoms with Gasteiger partial charge in [-0.15, -0.1) is 0 Å². The molecule has 0 aromatic carbocycles. The van der Waals surface area contributed by atoms with Crippen LogP contribution in [0.3, 0.4) is 0 Å². The Bertz CT molecular complexity index is 717. The van der Waals surface area contributed by atoms with Crippen molar-refractivity contribution in [2.24, 2.45) is 11.3 Å². The molecule has 8 heteroatoms. The van der Waals surface area contributed by atoms with Gasteiger partial charge in [0.2, 0.25) is 0 Å². The number of urea groups is 1. The molecule has 1 saturated heterocycles. The van der Waals surface area contributed by atoms with E-state index in [1.807, 2.05) is 6.07 Å². The highest BCUT2D eigenvalue weighted by atomic mass is 35.5. The molecule has 3 rings (SSSR count). The number of anilines is 1. The number of nitrogens with zero attached hydrogens (tertiary/aromatic N) is 3. The zero-order valence-electron chi connectivity index (χ0n) is 12.3. The standard InChI is InChI=1S/C15H15ClN4O3/c16-11-4-10(6-18-12(11)5-17)19-14(23)20-7-9-2-1-3-15(9,8-20)13(21)22/h4,6,9H,1-3,7-8H2,(H,19,23)(H,21,22)/t9-,15+/m0/s1. The number of aliphatic carboxylic acids is 1. The number of aromatic nitrogens is 1. The molecule has 2 heterocycles. The topological polar surface area (TPSA) is 106 Å². The first-order chi connectivity index (χ1) is 11.0. The normalized spacial score (nSPS) is 25.7. The Morgan fingerprint density at radius 1 is 1.57 bits per heavy atom. The summed E-state index contributed by atoms with van der Waals surface area (Å²) in [4.78, 5) is 29.4. The number of carbonyl (C=O) groups is 2. The van der Waals surface area contributed by atoms with Crippen molar-refractivity contribution in [2.75, 3.05) is 18.4 Å². The van der Waals surface area contributed by atoms with Gasteiger partial charge in [-0.2, -0.15) is 5.26 Å². The summed E-state index contributed by atoms with van der Waals surface area (Å²) in [6.45, 7) is 0.659. The average Bonchev–Trinajstić information content (AvgIpc) is 3.05. The highest BCUT2D eigenvalue weighted by molar-refractivity contribution is 6.31. The number of hydrogen-bond donors (Lipinski definition) is 2. The minimum absolute atomic E-state index is 0.00780. The van der Waals surface area contributed by atoms with E-state index in [9.17, 15) is 14.7 Å². The Morgan fingerprint density at radius 2 is 2.35 bits per heavy atom. The first-order valence-electron chi connectivity index (χ1n) is 7.31. The van der Waals surface area contributed by atoms with E-state index in [-0.39, 0.29) is 29.2 Å². The van der Waals surface area contributed by atoms with Crippen LogP contribution in [0.2, 0.25) is 5.02 Å². The van der Waals surface area contributed by atoms with E-state index in [0.717, 1.165) is 12.8 Å². The van der Waals surface area contributed by atoms with Gasteiger partial charge in [-0.1, -0.05) is 18.0 Å². The first kappa shape index (κ1) is 15.6. The van der Waals surface area contributed by atoms with Crippen LogP contribution < -0.4 is 5.32 Å². The maximum absolute atomic E-state index is 12.4. The molecule has 1 aromatic heterocycles. The number of amides is 2. The Morgan fingerprint density at radius 3 is 2.96 bits per heavy atom. The summed E-state index contributed by atoms with van der Waals surface area (Å²) in [7, 11) is 0. The van der Waals surface area contributed by atoms with Gasteiger partial charge in [0, 0.05) is 13.1 Å². The second kappa shape index (κ2) is 5.70. The summed E-state index contributed by atoms with van der Waals surface area (Å²) in [6, 6.07) is 2.92. The lowest BCUT2D eigenvalue weighted by atomic mass is 9.81. The van der Waals surface area contributed by atoms with Crippen LogP contribution in [-0.2, 0) is 4.79 Å². The fourth-order valence-electron chi connectivity index (χ4n) is 3.58. The molecule has 2 amide bonds. The van der Waals surface area contributed by atoms with Crippen LogP contribution in [0.15, 0.2) is 12.3 Å². The summed E-state index contributed by atoms with van der Waals surface area (Å²) in [5.41, 5.74) is -0.344. The molecule has 0 unspecified atom stereocenters. The molecule has 1 saturated carbocycles. The van der Waals surface area contributed by atoms with E-state index in [2.05, 4.69) is 10.3 Å². The second-order valence-corrected chi connectivity index (χ2v) is 6.43. The zero-order chi connectivity index (χ0) is 16.6. The number of hydrogen-bond acceptors (Lipinski definition) is 4. The van der Waals surface area contributed by atoms with Gasteiger partial charge in [0.25, 0.3) is 0 Å². The predicted octanol–water partition coefficient (Wildman–Crippen LogP) is 2.33. The molecule has 1 aliphatic carbocycles. The smallest absolute Gasteiger partial charge is 0.321 e. The molecule has 2 aliphatic rings. The second-order valence-electron chi connectivity index (χ2n) is 6.03. The number of fused-ring (bicyclic) bond motifs is 1. The van der Waals surface area contributed by atoms with Gasteiger partial charge >= 0.3 is 12.0 Å². The van der Waals surface area contributed by atoms with Gasteiger partial charge in [0.1, 0.15) is 6.07 Å². The van der Waals surface area contributed by atoms with Crippen LogP contribution in [0.5, 0.6) is 0 Å². The Hall–Kier alpha value is -2.33. The predicted molar refractivity (Wildman–Crippen MR) is 82.0 cm³/mol. The molecule has 1 aromatic rings. The van der Waals surface area contributed by atoms with Crippen molar-refractivity contribution in [1.82, 2.24) is 9.88 Å². The van der Waals surface area contributed by atoms with Gasteiger partial charge in [-0.25, -0.2) is 9.78 Å². The lowest BCUT2D eigenvalue weighted by Gasteiger charge is -2.23. The third-order valence-corrected chi connectivity index (χ3v) is 5.07. The van der Waals surface area contributed by atoms with E-state index in [1.54, 1.807) is 0 Å². The Labute approximate surface area is 137 Å².